The second-order valence-corrected chi connectivity index (χ2v) is 9.68. The zero-order valence-electron chi connectivity index (χ0n) is 12.2. The number of hydrogen-bond acceptors (Lipinski definition) is 4. The van der Waals surface area contributed by atoms with Crippen molar-refractivity contribution >= 4 is 19.7 Å². The lowest BCUT2D eigenvalue weighted by molar-refractivity contribution is 0.583. The average Bonchev–Trinajstić information content (AvgIpc) is 2.33. The summed E-state index contributed by atoms with van der Waals surface area (Å²) in [6.07, 6.45) is 5.03. The van der Waals surface area contributed by atoms with Gasteiger partial charge in [0.2, 0.25) is 0 Å². The molecular weight excluding hydrogens is 284 g/mol. The summed E-state index contributed by atoms with van der Waals surface area (Å²) in [5.41, 5.74) is 0. The lowest BCUT2D eigenvalue weighted by Gasteiger charge is -2.05. The minimum Gasteiger partial charge on any atom is -0.229 e. The second kappa shape index (κ2) is 9.75. The predicted octanol–water partition coefficient (Wildman–Crippen LogP) is 2.59. The predicted molar refractivity (Wildman–Crippen MR) is 81.0 cm³/mol. The first-order valence-corrected chi connectivity index (χ1v) is 10.9. The second-order valence-electron chi connectivity index (χ2n) is 5.07. The van der Waals surface area contributed by atoms with Gasteiger partial charge in [0.1, 0.15) is 19.7 Å². The summed E-state index contributed by atoms with van der Waals surface area (Å²) in [6.45, 7) is 3.94. The molecule has 0 fully saturated rings. The van der Waals surface area contributed by atoms with Gasteiger partial charge in [0.25, 0.3) is 0 Å². The number of rotatable bonds is 12. The van der Waals surface area contributed by atoms with E-state index in [1.807, 2.05) is 13.8 Å². The van der Waals surface area contributed by atoms with E-state index in [4.69, 9.17) is 0 Å². The Morgan fingerprint density at radius 3 is 1.16 bits per heavy atom. The molecule has 0 rings (SSSR count). The number of hydrogen-bond donors (Lipinski definition) is 0. The molecule has 0 heterocycles. The molecule has 0 saturated heterocycles. The molecule has 0 bridgehead atoms. The van der Waals surface area contributed by atoms with Crippen molar-refractivity contribution in [1.82, 2.24) is 0 Å². The van der Waals surface area contributed by atoms with Crippen LogP contribution in [0.5, 0.6) is 0 Å². The molecule has 0 atom stereocenters. The van der Waals surface area contributed by atoms with Crippen molar-refractivity contribution in [2.75, 3.05) is 23.0 Å². The highest BCUT2D eigenvalue weighted by Gasteiger charge is 2.11. The molecule has 0 aromatic heterocycles. The fourth-order valence-corrected chi connectivity index (χ4v) is 4.91. The van der Waals surface area contributed by atoms with Gasteiger partial charge in [-0.1, -0.05) is 33.1 Å². The van der Waals surface area contributed by atoms with E-state index in [-0.39, 0.29) is 23.0 Å². The van der Waals surface area contributed by atoms with Gasteiger partial charge in [0.05, 0.1) is 23.0 Å². The summed E-state index contributed by atoms with van der Waals surface area (Å²) in [5, 5.41) is 0. The summed E-state index contributed by atoms with van der Waals surface area (Å²) < 4.78 is 46.3. The number of sulfone groups is 2. The molecule has 0 aromatic carbocycles. The highest BCUT2D eigenvalue weighted by Crippen LogP contribution is 2.06. The van der Waals surface area contributed by atoms with Crippen LogP contribution in [0.2, 0.25) is 0 Å². The van der Waals surface area contributed by atoms with Crippen molar-refractivity contribution in [3.8, 4) is 0 Å². The van der Waals surface area contributed by atoms with Crippen LogP contribution < -0.4 is 0 Å². The zero-order valence-corrected chi connectivity index (χ0v) is 13.9. The maximum atomic E-state index is 11.6. The van der Waals surface area contributed by atoms with Gasteiger partial charge in [0, 0.05) is 0 Å². The van der Waals surface area contributed by atoms with E-state index < -0.39 is 19.7 Å². The summed E-state index contributed by atoms with van der Waals surface area (Å²) in [4.78, 5) is 0. The van der Waals surface area contributed by atoms with Crippen molar-refractivity contribution in [2.24, 2.45) is 0 Å². The molecule has 0 aliphatic heterocycles. The van der Waals surface area contributed by atoms with Crippen LogP contribution in [-0.2, 0) is 19.7 Å². The molecule has 19 heavy (non-hydrogen) atoms. The molecule has 116 valence electrons. The lowest BCUT2D eigenvalue weighted by atomic mass is 10.3. The minimum absolute atomic E-state index is 0.196. The van der Waals surface area contributed by atoms with Crippen LogP contribution in [0.1, 0.15) is 58.8 Å². The molecule has 0 aliphatic carbocycles. The molecule has 4 nitrogen and oxygen atoms in total. The van der Waals surface area contributed by atoms with Crippen molar-refractivity contribution in [3.63, 3.8) is 0 Å². The molecule has 6 heteroatoms. The van der Waals surface area contributed by atoms with Gasteiger partial charge < -0.3 is 0 Å². The summed E-state index contributed by atoms with van der Waals surface area (Å²) >= 11 is 0. The van der Waals surface area contributed by atoms with Gasteiger partial charge in [-0.15, -0.1) is 0 Å². The largest absolute Gasteiger partial charge is 0.229 e. The highest BCUT2D eigenvalue weighted by atomic mass is 32.2. The van der Waals surface area contributed by atoms with Gasteiger partial charge in [-0.05, 0) is 25.7 Å². The standard InChI is InChI=1S/C13H28O4S2/c1-3-5-10-18(14,15)12-8-7-9-13-19(16,17)11-6-4-2/h3-13H2,1-2H3. The topological polar surface area (TPSA) is 68.3 Å². The van der Waals surface area contributed by atoms with Crippen LogP contribution >= 0.6 is 0 Å². The summed E-state index contributed by atoms with van der Waals surface area (Å²) in [7, 11) is -5.85. The summed E-state index contributed by atoms with van der Waals surface area (Å²) in [6, 6.07) is 0. The number of unbranched alkanes of at least 4 members (excludes halogenated alkanes) is 4. The van der Waals surface area contributed by atoms with Crippen molar-refractivity contribution in [3.05, 3.63) is 0 Å². The smallest absolute Gasteiger partial charge is 0.150 e. The van der Waals surface area contributed by atoms with E-state index in [2.05, 4.69) is 0 Å². The summed E-state index contributed by atoms with van der Waals surface area (Å²) in [5.74, 6) is 0.917. The van der Waals surface area contributed by atoms with Crippen molar-refractivity contribution < 1.29 is 16.8 Å². The quantitative estimate of drug-likeness (QED) is 0.519. The lowest BCUT2D eigenvalue weighted by Crippen LogP contribution is -2.13. The first kappa shape index (κ1) is 18.9. The van der Waals surface area contributed by atoms with Crippen molar-refractivity contribution in [1.29, 1.82) is 0 Å². The Morgan fingerprint density at radius 1 is 0.526 bits per heavy atom. The first-order chi connectivity index (χ1) is 8.83. The van der Waals surface area contributed by atoms with E-state index in [0.717, 1.165) is 12.8 Å². The first-order valence-electron chi connectivity index (χ1n) is 7.24. The third-order valence-electron chi connectivity index (χ3n) is 3.03. The normalized spacial score (nSPS) is 12.7. The monoisotopic (exact) mass is 312 g/mol. The third-order valence-corrected chi connectivity index (χ3v) is 6.67. The van der Waals surface area contributed by atoms with Gasteiger partial charge in [-0.25, -0.2) is 16.8 Å². The molecular formula is C13H28O4S2. The SMILES string of the molecule is CCCCS(=O)(=O)CCCCCS(=O)(=O)CCCC. The van der Waals surface area contributed by atoms with Crippen LogP contribution in [0.15, 0.2) is 0 Å². The van der Waals surface area contributed by atoms with E-state index in [0.29, 0.717) is 32.1 Å². The molecule has 0 amide bonds. The fourth-order valence-electron chi connectivity index (χ4n) is 1.75. The van der Waals surface area contributed by atoms with Crippen LogP contribution in [-0.4, -0.2) is 39.8 Å². The van der Waals surface area contributed by atoms with Crippen LogP contribution in [0.4, 0.5) is 0 Å². The Morgan fingerprint density at radius 2 is 0.842 bits per heavy atom. The van der Waals surface area contributed by atoms with Crippen LogP contribution in [0.3, 0.4) is 0 Å². The van der Waals surface area contributed by atoms with E-state index in [1.54, 1.807) is 0 Å². The van der Waals surface area contributed by atoms with Gasteiger partial charge >= 0.3 is 0 Å². The van der Waals surface area contributed by atoms with Gasteiger partial charge in [0.15, 0.2) is 0 Å². The van der Waals surface area contributed by atoms with Gasteiger partial charge in [-0.2, -0.15) is 0 Å². The molecule has 0 saturated carbocycles. The zero-order chi connectivity index (χ0) is 14.8. The Hall–Kier alpha value is -0.100. The Bertz CT molecular complexity index is 370. The maximum absolute atomic E-state index is 11.6. The molecule has 0 spiro atoms. The van der Waals surface area contributed by atoms with Crippen LogP contribution in [0, 0.1) is 0 Å². The highest BCUT2D eigenvalue weighted by molar-refractivity contribution is 7.91. The maximum Gasteiger partial charge on any atom is 0.150 e. The minimum atomic E-state index is -2.92. The van der Waals surface area contributed by atoms with Crippen LogP contribution in [0.25, 0.3) is 0 Å². The Kier molecular flexibility index (Phi) is 9.70. The Balaban J connectivity index is 3.76. The Labute approximate surface area is 118 Å². The molecule has 0 unspecified atom stereocenters. The molecule has 0 N–H and O–H groups in total. The molecule has 0 radical (unpaired) electrons. The molecule has 0 aliphatic rings. The fraction of sp³-hybridized carbons (Fsp3) is 1.00. The van der Waals surface area contributed by atoms with E-state index >= 15 is 0 Å². The van der Waals surface area contributed by atoms with E-state index in [1.165, 1.54) is 0 Å². The third kappa shape index (κ3) is 11.4. The van der Waals surface area contributed by atoms with E-state index in [9.17, 15) is 16.8 Å². The average molecular weight is 312 g/mol. The van der Waals surface area contributed by atoms with Crippen molar-refractivity contribution in [2.45, 2.75) is 58.8 Å². The molecule has 0 aromatic rings. The van der Waals surface area contributed by atoms with Gasteiger partial charge in [-0.3, -0.25) is 0 Å².